The fraction of sp³-hybridized carbons (Fsp3) is 0.250. The van der Waals surface area contributed by atoms with Crippen molar-refractivity contribution in [2.45, 2.75) is 0 Å². The number of rotatable bonds is 1. The van der Waals surface area contributed by atoms with Gasteiger partial charge in [0.1, 0.15) is 7.11 Å². The van der Waals surface area contributed by atoms with Gasteiger partial charge in [-0.2, -0.15) is 0 Å². The van der Waals surface area contributed by atoms with Crippen LogP contribution in [0.1, 0.15) is 0 Å². The Morgan fingerprint density at radius 1 is 1.21 bits per heavy atom. The van der Waals surface area contributed by atoms with E-state index < -0.39 is 19.5 Å². The third-order valence-corrected chi connectivity index (χ3v) is 0.551. The second-order valence-corrected chi connectivity index (χ2v) is 7.39. The summed E-state index contributed by atoms with van der Waals surface area (Å²) >= 11 is -11.2. The minimum atomic E-state index is -11.2. The molecule has 1 rings (SSSR count). The van der Waals surface area contributed by atoms with Gasteiger partial charge in [-0.3, -0.25) is 8.83 Å². The summed E-state index contributed by atoms with van der Waals surface area (Å²) < 4.78 is 73.3. The molecular weight excluding hydrogens is 332 g/mol. The number of hydrogen-bond donors (Lipinski definition) is 0. The topological polar surface area (TPSA) is 33.7 Å². The number of hydrogen-bond acceptors (Lipinski definition) is 2. The molecule has 86 valence electrons. The van der Waals surface area contributed by atoms with Crippen molar-refractivity contribution in [1.82, 2.24) is 0 Å². The van der Waals surface area contributed by atoms with E-state index in [-0.39, 0.29) is 6.14 Å². The van der Waals surface area contributed by atoms with Gasteiger partial charge in [0.15, 0.2) is 0 Å². The van der Waals surface area contributed by atoms with Crippen LogP contribution >= 0.6 is 0 Å². The first-order valence-corrected chi connectivity index (χ1v) is 8.63. The predicted octanol–water partition coefficient (Wildman–Crippen LogP) is 3.30. The maximum absolute atomic E-state index is 11.2. The van der Waals surface area contributed by atoms with E-state index in [2.05, 4.69) is 13.6 Å². The van der Waals surface area contributed by atoms with Crippen molar-refractivity contribution in [3.8, 4) is 6.14 Å². The molecule has 1 heterocycles. The van der Waals surface area contributed by atoms with Gasteiger partial charge in [0.2, 0.25) is 12.5 Å². The van der Waals surface area contributed by atoms with E-state index in [1.54, 1.807) is 0 Å². The molecule has 1 aromatic rings. The van der Waals surface area contributed by atoms with Crippen LogP contribution in [-0.2, 0) is 0 Å². The molecule has 0 amide bonds. The van der Waals surface area contributed by atoms with E-state index in [1.165, 1.54) is 19.6 Å². The molecule has 0 spiro atoms. The molecule has 0 aliphatic carbocycles. The normalized spacial score (nSPS) is 15.9. The molecule has 0 fully saturated rings. The van der Waals surface area contributed by atoms with Crippen molar-refractivity contribution in [3.63, 3.8) is 0 Å². The van der Waals surface area contributed by atoms with Gasteiger partial charge in [0.25, 0.3) is 0 Å². The van der Waals surface area contributed by atoms with Crippen LogP contribution < -0.4 is 4.74 Å². The first-order valence-electron chi connectivity index (χ1n) is 2.84. The fourth-order valence-electron chi connectivity index (χ4n) is 0.291. The number of halogens is 6. The molecule has 0 bridgehead atoms. The molecule has 0 unspecified atom stereocenters. The maximum atomic E-state index is 9.93. The molecule has 0 aliphatic heterocycles. The van der Waals surface area contributed by atoms with E-state index in [0.717, 1.165) is 0 Å². The van der Waals surface area contributed by atoms with Gasteiger partial charge in [-0.25, -0.2) is 0 Å². The molecule has 14 heavy (non-hydrogen) atoms. The Balaban J connectivity index is 0.000000241. The third kappa shape index (κ3) is 17.5. The Labute approximate surface area is 76.2 Å². The van der Waals surface area contributed by atoms with Crippen LogP contribution in [0.3, 0.4) is 0 Å². The third-order valence-electron chi connectivity index (χ3n) is 0.551. The summed E-state index contributed by atoms with van der Waals surface area (Å²) in [4.78, 5) is 0. The van der Waals surface area contributed by atoms with Gasteiger partial charge in [-0.05, 0) is 0 Å². The summed E-state index contributed by atoms with van der Waals surface area (Å²) in [5, 5.41) is 0. The Kier molecular flexibility index (Phi) is 3.08. The molecule has 1 aromatic heterocycles. The molecule has 10 heteroatoms. The van der Waals surface area contributed by atoms with Crippen LogP contribution in [0.4, 0.5) is 16.9 Å². The van der Waals surface area contributed by atoms with Crippen molar-refractivity contribution < 1.29 is 30.4 Å². The van der Waals surface area contributed by atoms with Gasteiger partial charge in [0, 0.05) is 0 Å². The predicted molar refractivity (Wildman–Crippen MR) is 34.3 cm³/mol. The van der Waals surface area contributed by atoms with Crippen molar-refractivity contribution in [2.24, 2.45) is 0 Å². The molecule has 0 atom stereocenters. The Morgan fingerprint density at radius 2 is 1.64 bits per heavy atom. The average molecular weight is 337 g/mol. The van der Waals surface area contributed by atoms with Gasteiger partial charge in [-0.15, -0.1) is 0 Å². The van der Waals surface area contributed by atoms with E-state index in [1.807, 2.05) is 0 Å². The van der Waals surface area contributed by atoms with Crippen LogP contribution in [-0.4, -0.2) is 26.6 Å². The van der Waals surface area contributed by atoms with Crippen LogP contribution in [0.5, 0.6) is 6.14 Å². The van der Waals surface area contributed by atoms with E-state index in [4.69, 9.17) is 0 Å². The van der Waals surface area contributed by atoms with Crippen LogP contribution in [0.2, 0.25) is 0 Å². The summed E-state index contributed by atoms with van der Waals surface area (Å²) in [5.74, 6) is 0. The quantitative estimate of drug-likeness (QED) is 0.448. The fourth-order valence-corrected chi connectivity index (χ4v) is 0.291. The Hall–Kier alpha value is -0.592. The van der Waals surface area contributed by atoms with E-state index >= 15 is 0 Å². The zero-order valence-electron chi connectivity index (χ0n) is 6.59. The van der Waals surface area contributed by atoms with E-state index in [0.29, 0.717) is 0 Å². The first kappa shape index (κ1) is 13.4. The van der Waals surface area contributed by atoms with Crippen LogP contribution in [0.25, 0.3) is 0 Å². The second kappa shape index (κ2) is 3.22. The molecular formula is C4H5F6O3Sb. The standard InChI is InChI=1S/C4H5O3.6FH.Sb/c1-5-4-6-2-3-7-4;;;;;;;/h2-3H,1H3;6*1H;/q+1;;;;;;;+5/p-6. The molecule has 0 aliphatic rings. The molecule has 0 saturated carbocycles. The first-order chi connectivity index (χ1) is 5.88. The molecule has 0 saturated heterocycles. The van der Waals surface area contributed by atoms with Crippen molar-refractivity contribution in [3.05, 3.63) is 12.5 Å². The Morgan fingerprint density at radius 3 is 1.79 bits per heavy atom. The average Bonchev–Trinajstić information content (AvgIpc) is 2.29. The molecule has 0 N–H and O–H groups in total. The number of methoxy groups -OCH3 is 1. The van der Waals surface area contributed by atoms with E-state index in [9.17, 15) is 16.9 Å². The van der Waals surface area contributed by atoms with Crippen LogP contribution in [0, 0.1) is 0 Å². The molecule has 3 nitrogen and oxygen atoms in total. The second-order valence-electron chi connectivity index (χ2n) is 1.92. The zero-order valence-corrected chi connectivity index (χ0v) is 9.15. The van der Waals surface area contributed by atoms with Crippen LogP contribution in [0.15, 0.2) is 21.4 Å². The summed E-state index contributed by atoms with van der Waals surface area (Å²) in [6, 6.07) is 0. The van der Waals surface area contributed by atoms with Gasteiger partial charge in [-0.1, -0.05) is 0 Å². The molecule has 0 radical (unpaired) electrons. The minimum absolute atomic E-state index is 0.181. The Bertz CT molecular complexity index is 262. The summed E-state index contributed by atoms with van der Waals surface area (Å²) in [6.07, 6.45) is 2.98. The number of ether oxygens (including phenoxy) is 1. The zero-order chi connectivity index (χ0) is 11.5. The SMILES string of the molecule is COc1occ[o+]1.[F][Sb-]([F])([F])([F])([F])[F]. The van der Waals surface area contributed by atoms with Gasteiger partial charge >= 0.3 is 42.5 Å². The summed E-state index contributed by atoms with van der Waals surface area (Å²) in [7, 11) is 1.47. The monoisotopic (exact) mass is 336 g/mol. The summed E-state index contributed by atoms with van der Waals surface area (Å²) in [5.41, 5.74) is 0. The van der Waals surface area contributed by atoms with Crippen molar-refractivity contribution >= 4 is 19.5 Å². The summed E-state index contributed by atoms with van der Waals surface area (Å²) in [6.45, 7) is 0. The molecule has 0 aromatic carbocycles. The van der Waals surface area contributed by atoms with Gasteiger partial charge < -0.3 is 4.74 Å². The van der Waals surface area contributed by atoms with Crippen molar-refractivity contribution in [2.75, 3.05) is 7.11 Å². The van der Waals surface area contributed by atoms with Crippen molar-refractivity contribution in [1.29, 1.82) is 0 Å². The van der Waals surface area contributed by atoms with Gasteiger partial charge in [0.05, 0.1) is 0 Å².